The van der Waals surface area contributed by atoms with Crippen molar-refractivity contribution >= 4 is 29.3 Å². The van der Waals surface area contributed by atoms with Crippen LogP contribution < -0.4 is 4.74 Å². The molecule has 0 spiro atoms. The van der Waals surface area contributed by atoms with Crippen LogP contribution in [0.2, 0.25) is 5.02 Å². The van der Waals surface area contributed by atoms with Gasteiger partial charge in [0, 0.05) is 10.6 Å². The van der Waals surface area contributed by atoms with E-state index in [1.807, 2.05) is 12.1 Å². The number of ether oxygens (including phenoxy) is 1. The van der Waals surface area contributed by atoms with E-state index >= 15 is 0 Å². The Morgan fingerprint density at radius 2 is 1.90 bits per heavy atom. The molecule has 0 heterocycles. The maximum atomic E-state index is 12.2. The van der Waals surface area contributed by atoms with Crippen molar-refractivity contribution < 1.29 is 9.53 Å². The molecule has 0 fully saturated rings. The van der Waals surface area contributed by atoms with Crippen LogP contribution in [-0.4, -0.2) is 11.7 Å². The molecule has 2 rings (SSSR count). The molecule has 2 aromatic carbocycles. The van der Waals surface area contributed by atoms with Gasteiger partial charge in [-0.15, -0.1) is 18.3 Å². The Hall–Kier alpha value is -1.71. The Morgan fingerprint density at radius 1 is 1.20 bits per heavy atom. The second kappa shape index (κ2) is 7.17. The van der Waals surface area contributed by atoms with Crippen molar-refractivity contribution in [2.24, 2.45) is 0 Å². The van der Waals surface area contributed by atoms with Gasteiger partial charge >= 0.3 is 5.97 Å². The van der Waals surface area contributed by atoms with Crippen LogP contribution in [0.3, 0.4) is 0 Å². The quantitative estimate of drug-likeness (QED) is 0.342. The number of halogens is 1. The normalized spacial score (nSPS) is 10.1. The van der Waals surface area contributed by atoms with Crippen molar-refractivity contribution in [2.75, 3.05) is 5.75 Å². The Balaban J connectivity index is 2.21. The molecule has 0 atom stereocenters. The second-order valence-electron chi connectivity index (χ2n) is 3.92. The highest BCUT2D eigenvalue weighted by molar-refractivity contribution is 7.99. The first kappa shape index (κ1) is 14.7. The minimum Gasteiger partial charge on any atom is -0.421 e. The number of para-hydroxylation sites is 1. The van der Waals surface area contributed by atoms with Gasteiger partial charge in [0.05, 0.1) is 10.6 Å². The molecule has 0 unspecified atom stereocenters. The first-order valence-corrected chi connectivity index (χ1v) is 7.38. The topological polar surface area (TPSA) is 26.3 Å². The van der Waals surface area contributed by atoms with Gasteiger partial charge in [-0.3, -0.25) is 0 Å². The van der Waals surface area contributed by atoms with Crippen molar-refractivity contribution in [1.82, 2.24) is 0 Å². The Bertz CT molecular complexity index is 625. The summed E-state index contributed by atoms with van der Waals surface area (Å²) in [6.45, 7) is 3.68. The molecule has 0 bridgehead atoms. The number of carbonyl (C=O) groups is 1. The van der Waals surface area contributed by atoms with E-state index in [0.29, 0.717) is 16.3 Å². The summed E-state index contributed by atoms with van der Waals surface area (Å²) >= 11 is 7.52. The molecule has 0 amide bonds. The summed E-state index contributed by atoms with van der Waals surface area (Å²) in [5.41, 5.74) is 0.527. The number of hydrogen-bond acceptors (Lipinski definition) is 3. The predicted octanol–water partition coefficient (Wildman–Crippen LogP) is 4.84. The van der Waals surface area contributed by atoms with Crippen molar-refractivity contribution in [2.45, 2.75) is 4.90 Å². The Kier molecular flexibility index (Phi) is 5.27. The van der Waals surface area contributed by atoms with Gasteiger partial charge in [-0.2, -0.15) is 0 Å². The zero-order valence-electron chi connectivity index (χ0n) is 10.7. The highest BCUT2D eigenvalue weighted by Gasteiger charge is 2.14. The summed E-state index contributed by atoms with van der Waals surface area (Å²) in [5.74, 6) is 0.684. The van der Waals surface area contributed by atoms with Crippen molar-refractivity contribution in [3.63, 3.8) is 0 Å². The lowest BCUT2D eigenvalue weighted by molar-refractivity contribution is 0.0731. The van der Waals surface area contributed by atoms with Crippen LogP contribution in [0.4, 0.5) is 0 Å². The van der Waals surface area contributed by atoms with E-state index in [-0.39, 0.29) is 0 Å². The van der Waals surface area contributed by atoms with E-state index in [1.54, 1.807) is 42.5 Å². The maximum Gasteiger partial charge on any atom is 0.344 e. The first-order chi connectivity index (χ1) is 9.72. The molecular formula is C16H13ClO2S. The number of esters is 1. The molecule has 0 N–H and O–H groups in total. The maximum absolute atomic E-state index is 12.2. The number of hydrogen-bond donors (Lipinski definition) is 0. The molecule has 2 aromatic rings. The molecule has 20 heavy (non-hydrogen) atoms. The zero-order chi connectivity index (χ0) is 14.4. The largest absolute Gasteiger partial charge is 0.421 e. The summed E-state index contributed by atoms with van der Waals surface area (Å²) in [7, 11) is 0. The molecule has 0 aromatic heterocycles. The third-order valence-corrected chi connectivity index (χ3v) is 3.88. The van der Waals surface area contributed by atoms with Gasteiger partial charge in [0.2, 0.25) is 0 Å². The van der Waals surface area contributed by atoms with Crippen molar-refractivity contribution in [3.05, 3.63) is 71.8 Å². The fourth-order valence-electron chi connectivity index (χ4n) is 1.59. The second-order valence-corrected chi connectivity index (χ2v) is 5.38. The zero-order valence-corrected chi connectivity index (χ0v) is 12.3. The summed E-state index contributed by atoms with van der Waals surface area (Å²) in [4.78, 5) is 13.1. The minimum atomic E-state index is -0.412. The molecule has 2 nitrogen and oxygen atoms in total. The Morgan fingerprint density at radius 3 is 2.65 bits per heavy atom. The summed E-state index contributed by atoms with van der Waals surface area (Å²) in [6, 6.07) is 14.2. The molecular weight excluding hydrogens is 292 g/mol. The van der Waals surface area contributed by atoms with Crippen LogP contribution in [-0.2, 0) is 0 Å². The van der Waals surface area contributed by atoms with Crippen LogP contribution >= 0.6 is 23.4 Å². The summed E-state index contributed by atoms with van der Waals surface area (Å²) in [5, 5.41) is 0.414. The molecule has 0 aliphatic heterocycles. The highest BCUT2D eigenvalue weighted by Crippen LogP contribution is 2.27. The lowest BCUT2D eigenvalue weighted by Crippen LogP contribution is -2.10. The van der Waals surface area contributed by atoms with E-state index in [4.69, 9.17) is 16.3 Å². The van der Waals surface area contributed by atoms with Gasteiger partial charge in [-0.25, -0.2) is 4.79 Å². The fourth-order valence-corrected chi connectivity index (χ4v) is 2.55. The van der Waals surface area contributed by atoms with Crippen LogP contribution in [0.25, 0.3) is 0 Å². The highest BCUT2D eigenvalue weighted by atomic mass is 35.5. The summed E-state index contributed by atoms with van der Waals surface area (Å²) < 4.78 is 5.34. The molecule has 0 aliphatic carbocycles. The first-order valence-electron chi connectivity index (χ1n) is 6.02. The molecule has 0 aliphatic rings. The van der Waals surface area contributed by atoms with Gasteiger partial charge < -0.3 is 4.74 Å². The van der Waals surface area contributed by atoms with Crippen LogP contribution in [0.5, 0.6) is 5.75 Å². The lowest BCUT2D eigenvalue weighted by atomic mass is 10.2. The third kappa shape index (κ3) is 3.65. The van der Waals surface area contributed by atoms with Gasteiger partial charge in [-0.1, -0.05) is 41.9 Å². The average Bonchev–Trinajstić information content (AvgIpc) is 2.47. The van der Waals surface area contributed by atoms with Crippen LogP contribution in [0, 0.1) is 0 Å². The van der Waals surface area contributed by atoms with E-state index < -0.39 is 5.97 Å². The Labute approximate surface area is 127 Å². The number of rotatable bonds is 5. The SMILES string of the molecule is C=CCSc1ccccc1C(=O)Oc1ccccc1Cl. The predicted molar refractivity (Wildman–Crippen MR) is 83.8 cm³/mol. The number of thioether (sulfide) groups is 1. The smallest absolute Gasteiger partial charge is 0.344 e. The van der Waals surface area contributed by atoms with Gasteiger partial charge in [0.25, 0.3) is 0 Å². The standard InChI is InChI=1S/C16H13ClO2S/c1-2-11-20-15-10-6-3-7-12(15)16(18)19-14-9-5-4-8-13(14)17/h2-10H,1,11H2. The van der Waals surface area contributed by atoms with E-state index in [0.717, 1.165) is 10.6 Å². The molecule has 0 saturated carbocycles. The summed E-state index contributed by atoms with van der Waals surface area (Å²) in [6.07, 6.45) is 1.79. The van der Waals surface area contributed by atoms with Gasteiger partial charge in [0.15, 0.2) is 0 Å². The fraction of sp³-hybridized carbons (Fsp3) is 0.0625. The van der Waals surface area contributed by atoms with E-state index in [9.17, 15) is 4.79 Å². The minimum absolute atomic E-state index is 0.364. The van der Waals surface area contributed by atoms with Crippen molar-refractivity contribution in [3.8, 4) is 5.75 Å². The molecule has 0 saturated heterocycles. The lowest BCUT2D eigenvalue weighted by Gasteiger charge is -2.09. The van der Waals surface area contributed by atoms with Gasteiger partial charge in [0.1, 0.15) is 5.75 Å². The molecule has 0 radical (unpaired) electrons. The third-order valence-electron chi connectivity index (χ3n) is 2.50. The number of carbonyl (C=O) groups excluding carboxylic acids is 1. The molecule has 4 heteroatoms. The van der Waals surface area contributed by atoms with Crippen LogP contribution in [0.1, 0.15) is 10.4 Å². The number of benzene rings is 2. The van der Waals surface area contributed by atoms with E-state index in [1.165, 1.54) is 11.8 Å². The molecule has 102 valence electrons. The van der Waals surface area contributed by atoms with E-state index in [2.05, 4.69) is 6.58 Å². The van der Waals surface area contributed by atoms with Crippen molar-refractivity contribution in [1.29, 1.82) is 0 Å². The average molecular weight is 305 g/mol. The van der Waals surface area contributed by atoms with Crippen LogP contribution in [0.15, 0.2) is 66.1 Å². The monoisotopic (exact) mass is 304 g/mol. The van der Waals surface area contributed by atoms with Gasteiger partial charge in [-0.05, 0) is 24.3 Å².